The monoisotopic (exact) mass is 501 g/mol. The standard InChI is InChI=1S/C28H31N5O2S/c1-4-6-8-20-11-13-22(14-12-20)33-31-25-16-19(3)24(18-26(25)32-33)29-28(36)30-27(34)21-9-7-10-23(17-21)35-15-5-2/h7,9-14,16-18H,4-6,8,15H2,1-3H3,(H2,29,30,34,36). The predicted octanol–water partition coefficient (Wildman–Crippen LogP) is 5.99. The number of aryl methyl sites for hydroxylation is 2. The summed E-state index contributed by atoms with van der Waals surface area (Å²) in [6.07, 6.45) is 4.33. The summed E-state index contributed by atoms with van der Waals surface area (Å²) in [7, 11) is 0. The minimum Gasteiger partial charge on any atom is -0.494 e. The summed E-state index contributed by atoms with van der Waals surface area (Å²) < 4.78 is 5.62. The van der Waals surface area contributed by atoms with E-state index in [1.54, 1.807) is 23.0 Å². The molecule has 0 saturated heterocycles. The number of nitrogens with zero attached hydrogens (tertiary/aromatic N) is 3. The van der Waals surface area contributed by atoms with Gasteiger partial charge in [0.15, 0.2) is 5.11 Å². The summed E-state index contributed by atoms with van der Waals surface area (Å²) in [5.41, 5.74) is 5.91. The highest BCUT2D eigenvalue weighted by atomic mass is 32.1. The molecule has 1 heterocycles. The van der Waals surface area contributed by atoms with Gasteiger partial charge in [0.05, 0.1) is 12.3 Å². The molecule has 0 radical (unpaired) electrons. The Morgan fingerprint density at radius 2 is 1.75 bits per heavy atom. The second-order valence-electron chi connectivity index (χ2n) is 8.70. The fraction of sp³-hybridized carbons (Fsp3) is 0.286. The number of ether oxygens (including phenoxy) is 1. The number of amides is 1. The van der Waals surface area contributed by atoms with Gasteiger partial charge in [-0.15, -0.1) is 10.2 Å². The van der Waals surface area contributed by atoms with Crippen LogP contribution in [0.25, 0.3) is 16.7 Å². The summed E-state index contributed by atoms with van der Waals surface area (Å²) in [4.78, 5) is 14.3. The summed E-state index contributed by atoms with van der Waals surface area (Å²) in [6, 6.07) is 19.2. The van der Waals surface area contributed by atoms with Crippen LogP contribution in [0.4, 0.5) is 5.69 Å². The van der Waals surface area contributed by atoms with Crippen molar-refractivity contribution in [3.63, 3.8) is 0 Å². The van der Waals surface area contributed by atoms with Crippen LogP contribution in [0.1, 0.15) is 54.6 Å². The Morgan fingerprint density at radius 3 is 2.47 bits per heavy atom. The number of rotatable bonds is 9. The van der Waals surface area contributed by atoms with Gasteiger partial charge in [-0.2, -0.15) is 4.80 Å². The fourth-order valence-corrected chi connectivity index (χ4v) is 3.97. The molecule has 4 aromatic rings. The van der Waals surface area contributed by atoms with Gasteiger partial charge in [-0.05, 0) is 92.0 Å². The van der Waals surface area contributed by atoms with Crippen molar-refractivity contribution in [3.8, 4) is 11.4 Å². The average molecular weight is 502 g/mol. The van der Waals surface area contributed by atoms with Crippen molar-refractivity contribution in [1.29, 1.82) is 0 Å². The van der Waals surface area contributed by atoms with E-state index in [1.807, 2.05) is 44.2 Å². The van der Waals surface area contributed by atoms with E-state index in [-0.39, 0.29) is 11.0 Å². The number of anilines is 1. The lowest BCUT2D eigenvalue weighted by molar-refractivity contribution is 0.0977. The highest BCUT2D eigenvalue weighted by Gasteiger charge is 2.12. The normalized spacial score (nSPS) is 10.9. The Bertz CT molecular complexity index is 1360. The van der Waals surface area contributed by atoms with Gasteiger partial charge in [-0.3, -0.25) is 10.1 Å². The minimum absolute atomic E-state index is 0.206. The lowest BCUT2D eigenvalue weighted by atomic mass is 10.1. The molecule has 4 rings (SSSR count). The van der Waals surface area contributed by atoms with Crippen LogP contribution < -0.4 is 15.4 Å². The summed E-state index contributed by atoms with van der Waals surface area (Å²) >= 11 is 5.41. The predicted molar refractivity (Wildman–Crippen MR) is 148 cm³/mol. The van der Waals surface area contributed by atoms with Gasteiger partial charge in [0.1, 0.15) is 16.8 Å². The Labute approximate surface area is 216 Å². The third kappa shape index (κ3) is 6.26. The fourth-order valence-electron chi connectivity index (χ4n) is 3.77. The molecule has 3 aromatic carbocycles. The SMILES string of the molecule is CCCCc1ccc(-n2nc3cc(C)c(NC(=S)NC(=O)c4cccc(OCCC)c4)cc3n2)cc1. The molecule has 36 heavy (non-hydrogen) atoms. The molecule has 1 amide bonds. The van der Waals surface area contributed by atoms with E-state index in [2.05, 4.69) is 39.9 Å². The van der Waals surface area contributed by atoms with E-state index in [4.69, 9.17) is 17.0 Å². The molecule has 0 aliphatic rings. The van der Waals surface area contributed by atoms with Crippen LogP contribution in [0.5, 0.6) is 5.75 Å². The molecule has 0 saturated carbocycles. The van der Waals surface area contributed by atoms with Crippen LogP contribution in [0.15, 0.2) is 60.7 Å². The zero-order valence-electron chi connectivity index (χ0n) is 20.9. The highest BCUT2D eigenvalue weighted by Crippen LogP contribution is 2.22. The van der Waals surface area contributed by atoms with E-state index in [0.29, 0.717) is 17.9 Å². The molecular weight excluding hydrogens is 470 g/mol. The Morgan fingerprint density at radius 1 is 1.00 bits per heavy atom. The summed E-state index contributed by atoms with van der Waals surface area (Å²) in [5.74, 6) is 0.352. The number of unbranched alkanes of at least 4 members (excludes halogenated alkanes) is 1. The number of fused-ring (bicyclic) bond motifs is 1. The van der Waals surface area contributed by atoms with Crippen molar-refractivity contribution < 1.29 is 9.53 Å². The zero-order chi connectivity index (χ0) is 25.5. The quantitative estimate of drug-likeness (QED) is 0.274. The Hall–Kier alpha value is -3.78. The summed E-state index contributed by atoms with van der Waals surface area (Å²) in [6.45, 7) is 6.79. The number of nitrogens with one attached hydrogen (secondary N) is 2. The third-order valence-electron chi connectivity index (χ3n) is 5.76. The van der Waals surface area contributed by atoms with Crippen molar-refractivity contribution >= 4 is 40.0 Å². The smallest absolute Gasteiger partial charge is 0.257 e. The first kappa shape index (κ1) is 25.3. The molecule has 0 spiro atoms. The molecular formula is C28H31N5O2S. The number of thiocarbonyl (C=S) groups is 1. The van der Waals surface area contributed by atoms with Crippen molar-refractivity contribution in [3.05, 3.63) is 77.4 Å². The highest BCUT2D eigenvalue weighted by molar-refractivity contribution is 7.80. The van der Waals surface area contributed by atoms with Crippen LogP contribution in [0.2, 0.25) is 0 Å². The van der Waals surface area contributed by atoms with Crippen molar-refractivity contribution in [2.45, 2.75) is 46.5 Å². The number of aromatic nitrogens is 3. The van der Waals surface area contributed by atoms with E-state index in [0.717, 1.165) is 40.8 Å². The van der Waals surface area contributed by atoms with Crippen LogP contribution in [-0.2, 0) is 6.42 Å². The molecule has 0 fully saturated rings. The summed E-state index contributed by atoms with van der Waals surface area (Å²) in [5, 5.41) is 15.3. The lowest BCUT2D eigenvalue weighted by Gasteiger charge is -2.12. The molecule has 186 valence electrons. The molecule has 2 N–H and O–H groups in total. The molecule has 1 aromatic heterocycles. The lowest BCUT2D eigenvalue weighted by Crippen LogP contribution is -2.34. The average Bonchev–Trinajstić information content (AvgIpc) is 3.29. The van der Waals surface area contributed by atoms with Crippen LogP contribution in [-0.4, -0.2) is 32.6 Å². The molecule has 0 unspecified atom stereocenters. The maximum absolute atomic E-state index is 12.7. The topological polar surface area (TPSA) is 81.1 Å². The van der Waals surface area contributed by atoms with E-state index in [9.17, 15) is 4.79 Å². The van der Waals surface area contributed by atoms with Crippen LogP contribution in [0, 0.1) is 6.92 Å². The van der Waals surface area contributed by atoms with Gasteiger partial charge in [0.25, 0.3) is 5.91 Å². The Kier molecular flexibility index (Phi) is 8.28. The van der Waals surface area contributed by atoms with Gasteiger partial charge in [0.2, 0.25) is 0 Å². The maximum atomic E-state index is 12.7. The number of hydrogen-bond donors (Lipinski definition) is 2. The number of carbonyl (C=O) groups is 1. The number of carbonyl (C=O) groups excluding carboxylic acids is 1. The largest absolute Gasteiger partial charge is 0.494 e. The van der Waals surface area contributed by atoms with Crippen LogP contribution in [0.3, 0.4) is 0 Å². The molecule has 0 bridgehead atoms. The second kappa shape index (κ2) is 11.8. The Balaban J connectivity index is 1.45. The third-order valence-corrected chi connectivity index (χ3v) is 5.96. The first-order chi connectivity index (χ1) is 17.5. The van der Waals surface area contributed by atoms with E-state index >= 15 is 0 Å². The van der Waals surface area contributed by atoms with Crippen LogP contribution >= 0.6 is 12.2 Å². The molecule has 7 nitrogen and oxygen atoms in total. The first-order valence-corrected chi connectivity index (χ1v) is 12.7. The van der Waals surface area contributed by atoms with Crippen molar-refractivity contribution in [2.24, 2.45) is 0 Å². The number of hydrogen-bond acceptors (Lipinski definition) is 5. The molecule has 0 aliphatic carbocycles. The minimum atomic E-state index is -0.304. The van der Waals surface area contributed by atoms with Gasteiger partial charge >= 0.3 is 0 Å². The van der Waals surface area contributed by atoms with Gasteiger partial charge in [-0.1, -0.05) is 38.5 Å². The van der Waals surface area contributed by atoms with Gasteiger partial charge in [-0.25, -0.2) is 0 Å². The maximum Gasteiger partial charge on any atom is 0.257 e. The zero-order valence-corrected chi connectivity index (χ0v) is 21.7. The van der Waals surface area contributed by atoms with E-state index in [1.165, 1.54) is 18.4 Å². The first-order valence-electron chi connectivity index (χ1n) is 12.3. The van der Waals surface area contributed by atoms with E-state index < -0.39 is 0 Å². The molecule has 8 heteroatoms. The molecule has 0 aliphatic heterocycles. The second-order valence-corrected chi connectivity index (χ2v) is 9.11. The van der Waals surface area contributed by atoms with Gasteiger partial charge in [0, 0.05) is 11.3 Å². The number of benzene rings is 3. The van der Waals surface area contributed by atoms with Crippen molar-refractivity contribution in [1.82, 2.24) is 20.3 Å². The van der Waals surface area contributed by atoms with Crippen molar-refractivity contribution in [2.75, 3.05) is 11.9 Å². The molecule has 0 atom stereocenters. The van der Waals surface area contributed by atoms with Gasteiger partial charge < -0.3 is 10.1 Å².